The molecule has 1 aromatic carbocycles. The lowest BCUT2D eigenvalue weighted by Crippen LogP contribution is -2.36. The van der Waals surface area contributed by atoms with Crippen molar-refractivity contribution in [2.24, 2.45) is 23.7 Å². The van der Waals surface area contributed by atoms with Crippen molar-refractivity contribution in [1.82, 2.24) is 4.98 Å². The van der Waals surface area contributed by atoms with E-state index in [4.69, 9.17) is 0 Å². The summed E-state index contributed by atoms with van der Waals surface area (Å²) in [7, 11) is 0. The lowest BCUT2D eigenvalue weighted by molar-refractivity contribution is -0.146. The molecule has 2 N–H and O–H groups in total. The highest BCUT2D eigenvalue weighted by molar-refractivity contribution is 7.22. The molecule has 118 valence electrons. The molecule has 0 saturated heterocycles. The SMILES string of the molecule is Cc1ccc2nc(NC(=O)[C@H]3[C@H](C(=O)O)[C@H]4C=C[C@H]3C4)sc2c1. The summed E-state index contributed by atoms with van der Waals surface area (Å²) in [5, 5.41) is 12.8. The summed E-state index contributed by atoms with van der Waals surface area (Å²) in [4.78, 5) is 28.6. The summed E-state index contributed by atoms with van der Waals surface area (Å²) in [6, 6.07) is 5.94. The van der Waals surface area contributed by atoms with Gasteiger partial charge in [0, 0.05) is 0 Å². The molecule has 5 nitrogen and oxygen atoms in total. The van der Waals surface area contributed by atoms with E-state index >= 15 is 0 Å². The number of allylic oxidation sites excluding steroid dienone is 2. The lowest BCUT2D eigenvalue weighted by atomic mass is 9.82. The first-order valence-electron chi connectivity index (χ1n) is 7.62. The van der Waals surface area contributed by atoms with E-state index in [-0.39, 0.29) is 17.7 Å². The van der Waals surface area contributed by atoms with E-state index in [9.17, 15) is 14.7 Å². The molecule has 2 aliphatic rings. The largest absolute Gasteiger partial charge is 0.481 e. The number of hydrogen-bond acceptors (Lipinski definition) is 4. The zero-order chi connectivity index (χ0) is 16.1. The molecule has 1 fully saturated rings. The molecule has 0 unspecified atom stereocenters. The smallest absolute Gasteiger partial charge is 0.307 e. The van der Waals surface area contributed by atoms with Gasteiger partial charge in [-0.3, -0.25) is 9.59 Å². The average Bonchev–Trinajstić information content (AvgIpc) is 3.18. The van der Waals surface area contributed by atoms with Crippen molar-refractivity contribution in [3.63, 3.8) is 0 Å². The Balaban J connectivity index is 1.59. The fourth-order valence-corrected chi connectivity index (χ4v) is 4.76. The summed E-state index contributed by atoms with van der Waals surface area (Å²) in [6.07, 6.45) is 4.68. The Morgan fingerprint density at radius 1 is 1.26 bits per heavy atom. The number of amides is 1. The Hall–Kier alpha value is -2.21. The van der Waals surface area contributed by atoms with Gasteiger partial charge in [0.1, 0.15) is 0 Å². The van der Waals surface area contributed by atoms with Gasteiger partial charge in [-0.15, -0.1) is 0 Å². The van der Waals surface area contributed by atoms with Crippen molar-refractivity contribution in [2.75, 3.05) is 5.32 Å². The third kappa shape index (κ3) is 2.34. The van der Waals surface area contributed by atoms with Gasteiger partial charge in [0.2, 0.25) is 5.91 Å². The molecule has 4 atom stereocenters. The number of anilines is 1. The predicted octanol–water partition coefficient (Wildman–Crippen LogP) is 3.07. The lowest BCUT2D eigenvalue weighted by Gasteiger charge is -2.23. The molecule has 6 heteroatoms. The number of carbonyl (C=O) groups excluding carboxylic acids is 1. The van der Waals surface area contributed by atoms with Crippen molar-refractivity contribution in [3.8, 4) is 0 Å². The van der Waals surface area contributed by atoms with E-state index in [1.54, 1.807) is 0 Å². The van der Waals surface area contributed by atoms with E-state index < -0.39 is 17.8 Å². The molecule has 0 radical (unpaired) electrons. The van der Waals surface area contributed by atoms with Crippen LogP contribution in [-0.4, -0.2) is 22.0 Å². The van der Waals surface area contributed by atoms with Gasteiger partial charge < -0.3 is 10.4 Å². The molecule has 1 amide bonds. The van der Waals surface area contributed by atoms with Crippen LogP contribution in [0.15, 0.2) is 30.4 Å². The van der Waals surface area contributed by atoms with Crippen LogP contribution in [0, 0.1) is 30.6 Å². The highest BCUT2D eigenvalue weighted by Gasteiger charge is 2.51. The molecule has 2 aromatic rings. The number of thiazole rings is 1. The van der Waals surface area contributed by atoms with E-state index in [2.05, 4.69) is 10.3 Å². The number of nitrogens with zero attached hydrogens (tertiary/aromatic N) is 1. The number of benzene rings is 1. The molecular formula is C17H16N2O3S. The molecule has 23 heavy (non-hydrogen) atoms. The van der Waals surface area contributed by atoms with Gasteiger partial charge >= 0.3 is 5.97 Å². The van der Waals surface area contributed by atoms with Gasteiger partial charge in [-0.25, -0.2) is 4.98 Å². The molecule has 1 saturated carbocycles. The zero-order valence-electron chi connectivity index (χ0n) is 12.5. The first-order valence-corrected chi connectivity index (χ1v) is 8.44. The van der Waals surface area contributed by atoms with Crippen LogP contribution < -0.4 is 5.32 Å². The maximum Gasteiger partial charge on any atom is 0.307 e. The van der Waals surface area contributed by atoms with Crippen LogP contribution >= 0.6 is 11.3 Å². The minimum absolute atomic E-state index is 0.0220. The van der Waals surface area contributed by atoms with Gasteiger partial charge in [0.25, 0.3) is 0 Å². The van der Waals surface area contributed by atoms with Crippen LogP contribution in [0.4, 0.5) is 5.13 Å². The third-order valence-electron chi connectivity index (χ3n) is 4.82. The van der Waals surface area contributed by atoms with Gasteiger partial charge in [-0.05, 0) is 42.9 Å². The second-order valence-electron chi connectivity index (χ2n) is 6.32. The van der Waals surface area contributed by atoms with Gasteiger partial charge in [0.05, 0.1) is 22.1 Å². The topological polar surface area (TPSA) is 79.3 Å². The van der Waals surface area contributed by atoms with Crippen molar-refractivity contribution in [2.45, 2.75) is 13.3 Å². The molecule has 2 aliphatic carbocycles. The van der Waals surface area contributed by atoms with E-state index in [0.29, 0.717) is 5.13 Å². The van der Waals surface area contributed by atoms with Crippen molar-refractivity contribution < 1.29 is 14.7 Å². The number of fused-ring (bicyclic) bond motifs is 3. The zero-order valence-corrected chi connectivity index (χ0v) is 13.3. The summed E-state index contributed by atoms with van der Waals surface area (Å²) >= 11 is 1.42. The van der Waals surface area contributed by atoms with Crippen LogP contribution in [-0.2, 0) is 9.59 Å². The Bertz CT molecular complexity index is 841. The van der Waals surface area contributed by atoms with Gasteiger partial charge in [0.15, 0.2) is 5.13 Å². The minimum Gasteiger partial charge on any atom is -0.481 e. The van der Waals surface area contributed by atoms with Gasteiger partial charge in [-0.2, -0.15) is 0 Å². The average molecular weight is 328 g/mol. The molecule has 2 bridgehead atoms. The van der Waals surface area contributed by atoms with Crippen molar-refractivity contribution in [1.29, 1.82) is 0 Å². The molecule has 0 aliphatic heterocycles. The first-order chi connectivity index (χ1) is 11.0. The van der Waals surface area contributed by atoms with E-state index in [0.717, 1.165) is 22.2 Å². The summed E-state index contributed by atoms with van der Waals surface area (Å²) in [6.45, 7) is 2.01. The number of aromatic nitrogens is 1. The maximum atomic E-state index is 12.6. The molecule has 4 rings (SSSR count). The van der Waals surface area contributed by atoms with Crippen LogP contribution in [0.2, 0.25) is 0 Å². The molecule has 0 spiro atoms. The van der Waals surface area contributed by atoms with Crippen molar-refractivity contribution >= 4 is 38.6 Å². The number of aryl methyl sites for hydroxylation is 1. The van der Waals surface area contributed by atoms with Crippen LogP contribution in [0.1, 0.15) is 12.0 Å². The Morgan fingerprint density at radius 2 is 2.00 bits per heavy atom. The normalized spacial score (nSPS) is 28.4. The molecular weight excluding hydrogens is 312 g/mol. The van der Waals surface area contributed by atoms with Crippen LogP contribution in [0.5, 0.6) is 0 Å². The summed E-state index contributed by atoms with van der Waals surface area (Å²) < 4.78 is 1.02. The second-order valence-corrected chi connectivity index (χ2v) is 7.35. The van der Waals surface area contributed by atoms with Crippen LogP contribution in [0.3, 0.4) is 0 Å². The van der Waals surface area contributed by atoms with E-state index in [1.165, 1.54) is 11.3 Å². The standard InChI is InChI=1S/C17H16N2O3S/c1-8-2-5-11-12(6-8)23-17(18-11)19-15(20)13-9-3-4-10(7-9)14(13)16(21)22/h2-6,9-10,13-14H,7H2,1H3,(H,21,22)(H,18,19,20)/t9-,10-,13+,14+/m0/s1. The Kier molecular flexibility index (Phi) is 3.23. The first kappa shape index (κ1) is 14.4. The fraction of sp³-hybridized carbons (Fsp3) is 0.353. The highest BCUT2D eigenvalue weighted by Crippen LogP contribution is 2.48. The minimum atomic E-state index is -0.887. The summed E-state index contributed by atoms with van der Waals surface area (Å²) in [5.74, 6) is -2.24. The summed E-state index contributed by atoms with van der Waals surface area (Å²) in [5.41, 5.74) is 1.99. The Morgan fingerprint density at radius 3 is 2.74 bits per heavy atom. The molecule has 1 heterocycles. The monoisotopic (exact) mass is 328 g/mol. The number of aliphatic carboxylic acids is 1. The van der Waals surface area contributed by atoms with Crippen molar-refractivity contribution in [3.05, 3.63) is 35.9 Å². The third-order valence-corrected chi connectivity index (χ3v) is 5.75. The molecule has 1 aromatic heterocycles. The number of nitrogens with one attached hydrogen (secondary N) is 1. The van der Waals surface area contributed by atoms with E-state index in [1.807, 2.05) is 37.3 Å². The fourth-order valence-electron chi connectivity index (χ4n) is 3.79. The van der Waals surface area contributed by atoms with Crippen LogP contribution in [0.25, 0.3) is 10.2 Å². The Labute approximate surface area is 137 Å². The number of carboxylic acid groups (broad SMARTS) is 1. The number of carboxylic acids is 1. The number of rotatable bonds is 3. The number of carbonyl (C=O) groups is 2. The second kappa shape index (κ2) is 5.16. The highest BCUT2D eigenvalue weighted by atomic mass is 32.1. The maximum absolute atomic E-state index is 12.6. The predicted molar refractivity (Wildman–Crippen MR) is 88.3 cm³/mol. The van der Waals surface area contributed by atoms with Gasteiger partial charge in [-0.1, -0.05) is 29.6 Å². The quantitative estimate of drug-likeness (QED) is 0.849. The number of hydrogen-bond donors (Lipinski definition) is 2.